The van der Waals surface area contributed by atoms with Gasteiger partial charge in [-0.2, -0.15) is 5.26 Å². The maximum atomic E-state index is 12.8. The van der Waals surface area contributed by atoms with Crippen LogP contribution in [0.4, 0.5) is 5.69 Å². The lowest BCUT2D eigenvalue weighted by Crippen LogP contribution is -2.37. The van der Waals surface area contributed by atoms with Crippen LogP contribution < -0.4 is 5.32 Å². The second kappa shape index (κ2) is 9.43. The summed E-state index contributed by atoms with van der Waals surface area (Å²) in [7, 11) is 0. The van der Waals surface area contributed by atoms with Gasteiger partial charge in [-0.25, -0.2) is 0 Å². The van der Waals surface area contributed by atoms with Gasteiger partial charge in [-0.1, -0.05) is 49.4 Å². The van der Waals surface area contributed by atoms with Crippen molar-refractivity contribution in [1.82, 2.24) is 4.90 Å². The van der Waals surface area contributed by atoms with E-state index in [9.17, 15) is 10.1 Å². The lowest BCUT2D eigenvalue weighted by molar-refractivity contribution is -0.129. The number of carbonyl (C=O) groups excluding carboxylic acids is 1. The third kappa shape index (κ3) is 5.22. The number of rotatable bonds is 7. The summed E-state index contributed by atoms with van der Waals surface area (Å²) in [6.07, 6.45) is 2.46. The second-order valence-corrected chi connectivity index (χ2v) is 6.38. The molecule has 0 fully saturated rings. The van der Waals surface area contributed by atoms with Gasteiger partial charge < -0.3 is 10.2 Å². The van der Waals surface area contributed by atoms with Crippen LogP contribution in [0.25, 0.3) is 0 Å². The summed E-state index contributed by atoms with van der Waals surface area (Å²) in [6, 6.07) is 19.7. The normalized spacial score (nSPS) is 11.1. The number of nitrogens with one attached hydrogen (secondary N) is 1. The predicted molar refractivity (Wildman–Crippen MR) is 105 cm³/mol. The first kappa shape index (κ1) is 19.3. The quantitative estimate of drug-likeness (QED) is 0.592. The number of benzene rings is 2. The fourth-order valence-corrected chi connectivity index (χ4v) is 2.56. The number of hydrogen-bond donors (Lipinski definition) is 1. The molecule has 0 aromatic heterocycles. The highest BCUT2D eigenvalue weighted by Gasteiger charge is 2.21. The number of nitriles is 1. The maximum Gasteiger partial charge on any atom is 0.266 e. The number of amides is 1. The molecule has 1 amide bonds. The number of carbonyl (C=O) groups is 1. The Hall–Kier alpha value is -3.06. The molecule has 0 aliphatic rings. The first-order chi connectivity index (χ1) is 12.5. The minimum absolute atomic E-state index is 0.0108. The van der Waals surface area contributed by atoms with Crippen molar-refractivity contribution in [3.05, 3.63) is 77.5 Å². The largest absolute Gasteiger partial charge is 0.360 e. The van der Waals surface area contributed by atoms with Gasteiger partial charge in [0.15, 0.2) is 0 Å². The fourth-order valence-electron chi connectivity index (χ4n) is 2.56. The van der Waals surface area contributed by atoms with E-state index in [1.165, 1.54) is 11.8 Å². The molecule has 4 nitrogen and oxygen atoms in total. The van der Waals surface area contributed by atoms with Gasteiger partial charge in [0.05, 0.1) is 0 Å². The zero-order valence-electron chi connectivity index (χ0n) is 15.6. The highest BCUT2D eigenvalue weighted by Crippen LogP contribution is 2.14. The third-order valence-corrected chi connectivity index (χ3v) is 4.18. The summed E-state index contributed by atoms with van der Waals surface area (Å²) in [5, 5.41) is 12.5. The van der Waals surface area contributed by atoms with Crippen LogP contribution in [0.5, 0.6) is 0 Å². The van der Waals surface area contributed by atoms with E-state index in [4.69, 9.17) is 0 Å². The van der Waals surface area contributed by atoms with Gasteiger partial charge in [0, 0.05) is 24.5 Å². The van der Waals surface area contributed by atoms with Gasteiger partial charge in [-0.15, -0.1) is 0 Å². The average molecular weight is 347 g/mol. The van der Waals surface area contributed by atoms with Crippen LogP contribution in [0.3, 0.4) is 0 Å². The van der Waals surface area contributed by atoms with Gasteiger partial charge >= 0.3 is 0 Å². The summed E-state index contributed by atoms with van der Waals surface area (Å²) in [6.45, 7) is 6.48. The molecule has 0 spiro atoms. The van der Waals surface area contributed by atoms with Gasteiger partial charge in [0.2, 0.25) is 0 Å². The van der Waals surface area contributed by atoms with E-state index in [1.807, 2.05) is 74.5 Å². The standard InChI is InChI=1S/C22H25N3O/c1-4-18-10-12-21(13-11-18)24-15-20(14-23)22(26)25(17(2)3)16-19-8-6-5-7-9-19/h5-13,15,17,24H,4,16H2,1-3H3/b20-15-. The van der Waals surface area contributed by atoms with E-state index in [2.05, 4.69) is 12.2 Å². The van der Waals surface area contributed by atoms with Gasteiger partial charge in [0.25, 0.3) is 5.91 Å². The Morgan fingerprint density at radius 3 is 2.31 bits per heavy atom. The lowest BCUT2D eigenvalue weighted by atomic mass is 10.1. The van der Waals surface area contributed by atoms with Crippen LogP contribution in [0, 0.1) is 11.3 Å². The molecule has 0 atom stereocenters. The zero-order chi connectivity index (χ0) is 18.9. The minimum atomic E-state index is -0.274. The Morgan fingerprint density at radius 2 is 1.77 bits per heavy atom. The highest BCUT2D eigenvalue weighted by molar-refractivity contribution is 5.97. The summed E-state index contributed by atoms with van der Waals surface area (Å²) >= 11 is 0. The van der Waals surface area contributed by atoms with Crippen molar-refractivity contribution in [3.63, 3.8) is 0 Å². The molecule has 2 aromatic carbocycles. The molecule has 0 saturated carbocycles. The van der Waals surface area contributed by atoms with E-state index >= 15 is 0 Å². The molecule has 2 rings (SSSR count). The van der Waals surface area contributed by atoms with Crippen molar-refractivity contribution < 1.29 is 4.79 Å². The molecule has 4 heteroatoms. The average Bonchev–Trinajstić information content (AvgIpc) is 2.67. The summed E-state index contributed by atoms with van der Waals surface area (Å²) in [4.78, 5) is 14.5. The van der Waals surface area contributed by atoms with Crippen LogP contribution in [0.1, 0.15) is 31.9 Å². The van der Waals surface area contributed by atoms with Crippen molar-refractivity contribution in [3.8, 4) is 6.07 Å². The topological polar surface area (TPSA) is 56.1 Å². The Bertz CT molecular complexity index is 786. The van der Waals surface area contributed by atoms with Crippen molar-refractivity contribution in [2.24, 2.45) is 0 Å². The molecule has 0 unspecified atom stereocenters. The fraction of sp³-hybridized carbons (Fsp3) is 0.273. The number of nitrogens with zero attached hydrogens (tertiary/aromatic N) is 2. The zero-order valence-corrected chi connectivity index (χ0v) is 15.6. The Labute approximate surface area is 155 Å². The van der Waals surface area contributed by atoms with Crippen LogP contribution in [0.15, 0.2) is 66.4 Å². The highest BCUT2D eigenvalue weighted by atomic mass is 16.2. The first-order valence-corrected chi connectivity index (χ1v) is 8.85. The number of aryl methyl sites for hydroxylation is 1. The number of hydrogen-bond acceptors (Lipinski definition) is 3. The van der Waals surface area contributed by atoms with E-state index in [1.54, 1.807) is 4.90 Å². The van der Waals surface area contributed by atoms with Crippen molar-refractivity contribution >= 4 is 11.6 Å². The second-order valence-electron chi connectivity index (χ2n) is 6.38. The molecule has 0 aliphatic heterocycles. The van der Waals surface area contributed by atoms with E-state index < -0.39 is 0 Å². The lowest BCUT2D eigenvalue weighted by Gasteiger charge is -2.26. The molecule has 26 heavy (non-hydrogen) atoms. The molecule has 0 heterocycles. The van der Waals surface area contributed by atoms with E-state index in [-0.39, 0.29) is 17.5 Å². The molecule has 2 aromatic rings. The van der Waals surface area contributed by atoms with Crippen molar-refractivity contribution in [1.29, 1.82) is 5.26 Å². The van der Waals surface area contributed by atoms with E-state index in [0.717, 1.165) is 17.7 Å². The van der Waals surface area contributed by atoms with Crippen molar-refractivity contribution in [2.75, 3.05) is 5.32 Å². The molecular formula is C22H25N3O. The summed E-state index contributed by atoms with van der Waals surface area (Å²) < 4.78 is 0. The monoisotopic (exact) mass is 347 g/mol. The number of anilines is 1. The Kier molecular flexibility index (Phi) is 6.99. The first-order valence-electron chi connectivity index (χ1n) is 8.85. The van der Waals surface area contributed by atoms with Gasteiger partial charge in [-0.05, 0) is 43.5 Å². The molecule has 1 N–H and O–H groups in total. The molecule has 0 saturated heterocycles. The molecule has 0 radical (unpaired) electrons. The van der Waals surface area contributed by atoms with Crippen LogP contribution >= 0.6 is 0 Å². The molecule has 0 aliphatic carbocycles. The summed E-state index contributed by atoms with van der Waals surface area (Å²) in [5.41, 5.74) is 3.22. The summed E-state index contributed by atoms with van der Waals surface area (Å²) in [5.74, 6) is -0.274. The van der Waals surface area contributed by atoms with Gasteiger partial charge in [-0.3, -0.25) is 4.79 Å². The van der Waals surface area contributed by atoms with Crippen LogP contribution in [-0.2, 0) is 17.8 Å². The van der Waals surface area contributed by atoms with Crippen LogP contribution in [0.2, 0.25) is 0 Å². The molecule has 0 bridgehead atoms. The Balaban J connectivity index is 2.14. The van der Waals surface area contributed by atoms with E-state index in [0.29, 0.717) is 6.54 Å². The Morgan fingerprint density at radius 1 is 1.12 bits per heavy atom. The predicted octanol–water partition coefficient (Wildman–Crippen LogP) is 4.51. The smallest absolute Gasteiger partial charge is 0.266 e. The molecule has 134 valence electrons. The van der Waals surface area contributed by atoms with Gasteiger partial charge in [0.1, 0.15) is 11.6 Å². The molecular weight excluding hydrogens is 322 g/mol. The minimum Gasteiger partial charge on any atom is -0.360 e. The van der Waals surface area contributed by atoms with Crippen LogP contribution in [-0.4, -0.2) is 16.8 Å². The third-order valence-electron chi connectivity index (χ3n) is 4.18. The van der Waals surface area contributed by atoms with Crippen molar-refractivity contribution in [2.45, 2.75) is 39.8 Å². The maximum absolute atomic E-state index is 12.8. The SMILES string of the molecule is CCc1ccc(N/C=C(/C#N)C(=O)N(Cc2ccccc2)C(C)C)cc1.